The second-order valence-corrected chi connectivity index (χ2v) is 4.75. The van der Waals surface area contributed by atoms with E-state index >= 15 is 0 Å². The summed E-state index contributed by atoms with van der Waals surface area (Å²) in [5.41, 5.74) is 4.09. The van der Waals surface area contributed by atoms with Crippen LogP contribution < -0.4 is 5.43 Å². The summed E-state index contributed by atoms with van der Waals surface area (Å²) in [6, 6.07) is 17.0. The Balaban J connectivity index is 2.01. The number of nitrogens with zero attached hydrogens (tertiary/aromatic N) is 1. The normalized spacial score (nSPS) is 10.5. The third-order valence-electron chi connectivity index (χ3n) is 2.30. The van der Waals surface area contributed by atoms with E-state index in [0.717, 1.165) is 9.13 Å². The predicted octanol–water partition coefficient (Wildman–Crippen LogP) is 3.06. The minimum Gasteiger partial charge on any atom is -0.267 e. The van der Waals surface area contributed by atoms with Crippen molar-refractivity contribution in [2.24, 2.45) is 5.10 Å². The van der Waals surface area contributed by atoms with Crippen molar-refractivity contribution < 1.29 is 4.79 Å². The molecule has 1 amide bonds. The summed E-state index contributed by atoms with van der Waals surface area (Å²) in [7, 11) is 0. The highest BCUT2D eigenvalue weighted by molar-refractivity contribution is 14.1. The van der Waals surface area contributed by atoms with Gasteiger partial charge in [-0.15, -0.1) is 0 Å². The molecule has 0 aliphatic rings. The fourth-order valence-corrected chi connectivity index (χ4v) is 2.04. The summed E-state index contributed by atoms with van der Waals surface area (Å²) in [5, 5.41) is 3.93. The number of hydrogen-bond acceptors (Lipinski definition) is 2. The molecule has 0 bridgehead atoms. The lowest BCUT2D eigenvalue weighted by molar-refractivity contribution is 0.0954. The van der Waals surface area contributed by atoms with Gasteiger partial charge in [0.05, 0.1) is 11.8 Å². The number of hydrogen-bond donors (Lipinski definition) is 1. The van der Waals surface area contributed by atoms with E-state index in [9.17, 15) is 4.79 Å². The van der Waals surface area contributed by atoms with Crippen LogP contribution in [0.1, 0.15) is 15.9 Å². The Morgan fingerprint density at radius 3 is 2.44 bits per heavy atom. The average molecular weight is 350 g/mol. The highest BCUT2D eigenvalue weighted by atomic mass is 127. The molecule has 0 radical (unpaired) electrons. The first kappa shape index (κ1) is 12.8. The first-order valence-electron chi connectivity index (χ1n) is 5.40. The molecule has 3 nitrogen and oxygen atoms in total. The number of benzene rings is 2. The third-order valence-corrected chi connectivity index (χ3v) is 3.24. The molecular weight excluding hydrogens is 339 g/mol. The standard InChI is InChI=1S/C14H11IN2O/c15-13-9-5-4-8-12(13)14(18)17-16-10-11-6-2-1-3-7-11/h1-10H,(H,17,18)/b16-10+. The molecule has 1 N–H and O–H groups in total. The maximum absolute atomic E-state index is 11.8. The van der Waals surface area contributed by atoms with Crippen LogP contribution in [0.3, 0.4) is 0 Å². The van der Waals surface area contributed by atoms with Crippen LogP contribution in [0.25, 0.3) is 0 Å². The predicted molar refractivity (Wildman–Crippen MR) is 80.7 cm³/mol. The molecule has 0 aliphatic carbocycles. The summed E-state index contributed by atoms with van der Waals surface area (Å²) in [6.07, 6.45) is 1.62. The minimum atomic E-state index is -0.202. The molecule has 0 fully saturated rings. The smallest absolute Gasteiger partial charge is 0.267 e. The molecule has 90 valence electrons. The van der Waals surface area contributed by atoms with Crippen molar-refractivity contribution in [3.63, 3.8) is 0 Å². The van der Waals surface area contributed by atoms with Crippen LogP contribution in [-0.4, -0.2) is 12.1 Å². The summed E-state index contributed by atoms with van der Waals surface area (Å²) >= 11 is 2.13. The molecule has 2 aromatic rings. The molecule has 0 aromatic heterocycles. The van der Waals surface area contributed by atoms with E-state index in [4.69, 9.17) is 0 Å². The molecule has 0 spiro atoms. The van der Waals surface area contributed by atoms with Gasteiger partial charge in [0.2, 0.25) is 0 Å². The van der Waals surface area contributed by atoms with E-state index < -0.39 is 0 Å². The zero-order valence-corrected chi connectivity index (χ0v) is 11.7. The van der Waals surface area contributed by atoms with E-state index in [1.807, 2.05) is 48.5 Å². The molecule has 0 atom stereocenters. The van der Waals surface area contributed by atoms with Crippen molar-refractivity contribution >= 4 is 34.7 Å². The number of hydrazone groups is 1. The Kier molecular flexibility index (Phi) is 4.46. The van der Waals surface area contributed by atoms with Gasteiger partial charge < -0.3 is 0 Å². The van der Waals surface area contributed by atoms with E-state index in [1.54, 1.807) is 12.3 Å². The monoisotopic (exact) mass is 350 g/mol. The number of carbonyl (C=O) groups excluding carboxylic acids is 1. The Morgan fingerprint density at radius 1 is 1.06 bits per heavy atom. The van der Waals surface area contributed by atoms with Gasteiger partial charge in [0.1, 0.15) is 0 Å². The zero-order chi connectivity index (χ0) is 12.8. The third kappa shape index (κ3) is 3.40. The van der Waals surface area contributed by atoms with Gasteiger partial charge in [-0.05, 0) is 40.3 Å². The number of nitrogens with one attached hydrogen (secondary N) is 1. The molecular formula is C14H11IN2O. The van der Waals surface area contributed by atoms with Gasteiger partial charge in [-0.1, -0.05) is 42.5 Å². The molecule has 0 heterocycles. The lowest BCUT2D eigenvalue weighted by Gasteiger charge is -2.01. The summed E-state index contributed by atoms with van der Waals surface area (Å²) in [4.78, 5) is 11.8. The lowest BCUT2D eigenvalue weighted by atomic mass is 10.2. The molecule has 0 unspecified atom stereocenters. The van der Waals surface area contributed by atoms with E-state index in [-0.39, 0.29) is 5.91 Å². The van der Waals surface area contributed by atoms with Crippen LogP contribution in [0.5, 0.6) is 0 Å². The highest BCUT2D eigenvalue weighted by Crippen LogP contribution is 2.10. The van der Waals surface area contributed by atoms with Gasteiger partial charge in [-0.2, -0.15) is 5.10 Å². The van der Waals surface area contributed by atoms with Gasteiger partial charge in [0.25, 0.3) is 5.91 Å². The van der Waals surface area contributed by atoms with Crippen molar-refractivity contribution in [2.45, 2.75) is 0 Å². The first-order chi connectivity index (χ1) is 8.77. The Morgan fingerprint density at radius 2 is 1.72 bits per heavy atom. The van der Waals surface area contributed by atoms with Gasteiger partial charge >= 0.3 is 0 Å². The Bertz CT molecular complexity index is 567. The maximum Gasteiger partial charge on any atom is 0.272 e. The minimum absolute atomic E-state index is 0.202. The van der Waals surface area contributed by atoms with Crippen LogP contribution in [0.15, 0.2) is 59.7 Å². The topological polar surface area (TPSA) is 41.5 Å². The summed E-state index contributed by atoms with van der Waals surface area (Å²) in [6.45, 7) is 0. The van der Waals surface area contributed by atoms with Crippen molar-refractivity contribution in [1.82, 2.24) is 5.43 Å². The van der Waals surface area contributed by atoms with Gasteiger partial charge in [-0.3, -0.25) is 4.79 Å². The fraction of sp³-hybridized carbons (Fsp3) is 0. The van der Waals surface area contributed by atoms with Crippen LogP contribution in [0.4, 0.5) is 0 Å². The zero-order valence-electron chi connectivity index (χ0n) is 9.51. The molecule has 0 saturated heterocycles. The van der Waals surface area contributed by atoms with Crippen molar-refractivity contribution in [2.75, 3.05) is 0 Å². The summed E-state index contributed by atoms with van der Waals surface area (Å²) in [5.74, 6) is -0.202. The van der Waals surface area contributed by atoms with Crippen molar-refractivity contribution in [3.8, 4) is 0 Å². The van der Waals surface area contributed by atoms with Gasteiger partial charge in [0, 0.05) is 3.57 Å². The first-order valence-corrected chi connectivity index (χ1v) is 6.48. The average Bonchev–Trinajstić information content (AvgIpc) is 2.40. The molecule has 0 aliphatic heterocycles. The van der Waals surface area contributed by atoms with Crippen LogP contribution in [0.2, 0.25) is 0 Å². The lowest BCUT2D eigenvalue weighted by Crippen LogP contribution is -2.18. The van der Waals surface area contributed by atoms with Crippen molar-refractivity contribution in [1.29, 1.82) is 0 Å². The quantitative estimate of drug-likeness (QED) is 0.516. The van der Waals surface area contributed by atoms with Gasteiger partial charge in [-0.25, -0.2) is 5.43 Å². The Hall–Kier alpha value is -1.69. The van der Waals surface area contributed by atoms with E-state index in [0.29, 0.717) is 5.56 Å². The molecule has 0 saturated carbocycles. The second kappa shape index (κ2) is 6.30. The molecule has 18 heavy (non-hydrogen) atoms. The molecule has 2 aromatic carbocycles. The van der Waals surface area contributed by atoms with Crippen molar-refractivity contribution in [3.05, 3.63) is 69.3 Å². The van der Waals surface area contributed by atoms with E-state index in [1.165, 1.54) is 0 Å². The van der Waals surface area contributed by atoms with Gasteiger partial charge in [0.15, 0.2) is 0 Å². The number of rotatable bonds is 3. The number of amides is 1. The molecule has 4 heteroatoms. The highest BCUT2D eigenvalue weighted by Gasteiger charge is 2.06. The fourth-order valence-electron chi connectivity index (χ4n) is 1.41. The second-order valence-electron chi connectivity index (χ2n) is 3.59. The Labute approximate surface area is 119 Å². The van der Waals surface area contributed by atoms with Crippen LogP contribution in [-0.2, 0) is 0 Å². The number of carbonyl (C=O) groups is 1. The van der Waals surface area contributed by atoms with E-state index in [2.05, 4.69) is 33.1 Å². The maximum atomic E-state index is 11.8. The van der Waals surface area contributed by atoms with Crippen LogP contribution in [0, 0.1) is 3.57 Å². The SMILES string of the molecule is O=C(N/N=C/c1ccccc1)c1ccccc1I. The number of halogens is 1. The largest absolute Gasteiger partial charge is 0.272 e. The summed E-state index contributed by atoms with van der Waals surface area (Å²) < 4.78 is 0.905. The molecule has 2 rings (SSSR count). The van der Waals surface area contributed by atoms with Crippen LogP contribution >= 0.6 is 22.6 Å².